The number of carboxylic acids is 1. The first-order valence-electron chi connectivity index (χ1n) is 5.57. The lowest BCUT2D eigenvalue weighted by Crippen LogP contribution is -2.02. The van der Waals surface area contributed by atoms with Crippen LogP contribution in [0, 0.1) is 5.92 Å². The molecule has 0 saturated heterocycles. The summed E-state index contributed by atoms with van der Waals surface area (Å²) in [6.45, 7) is 4.86. The fourth-order valence-corrected chi connectivity index (χ4v) is 1.01. The van der Waals surface area contributed by atoms with Gasteiger partial charge in [-0.3, -0.25) is 4.79 Å². The summed E-state index contributed by atoms with van der Waals surface area (Å²) in [6.07, 6.45) is 4.62. The van der Waals surface area contributed by atoms with Crippen LogP contribution < -0.4 is 5.73 Å². The molecule has 15 heavy (non-hydrogen) atoms. The molecule has 0 saturated carbocycles. The molecule has 0 aromatic heterocycles. The molecule has 4 nitrogen and oxygen atoms in total. The highest BCUT2D eigenvalue weighted by Crippen LogP contribution is 2.08. The fourth-order valence-electron chi connectivity index (χ4n) is 1.01. The Labute approximate surface area is 92.5 Å². The van der Waals surface area contributed by atoms with Crippen molar-refractivity contribution in [2.75, 3.05) is 13.2 Å². The molecule has 0 fully saturated rings. The number of hydrogen-bond donors (Lipinski definition) is 3. The number of aliphatic hydroxyl groups is 1. The van der Waals surface area contributed by atoms with Crippen molar-refractivity contribution in [3.63, 3.8) is 0 Å². The summed E-state index contributed by atoms with van der Waals surface area (Å²) in [5.74, 6) is 0.0781. The number of carbonyl (C=O) groups is 1. The Morgan fingerprint density at radius 2 is 1.80 bits per heavy atom. The largest absolute Gasteiger partial charge is 0.481 e. The van der Waals surface area contributed by atoms with E-state index < -0.39 is 5.97 Å². The summed E-state index contributed by atoms with van der Waals surface area (Å²) >= 11 is 0. The van der Waals surface area contributed by atoms with Crippen molar-refractivity contribution in [1.29, 1.82) is 0 Å². The molecule has 0 bridgehead atoms. The van der Waals surface area contributed by atoms with E-state index in [2.05, 4.69) is 13.8 Å². The molecule has 0 atom stereocenters. The summed E-state index contributed by atoms with van der Waals surface area (Å²) in [5.41, 5.74) is 4.78. The minimum absolute atomic E-state index is 0.0972. The van der Waals surface area contributed by atoms with Gasteiger partial charge < -0.3 is 15.9 Å². The SMILES string of the molecule is CC(C)CCCCCC(=O)O.NCCO. The van der Waals surface area contributed by atoms with Crippen molar-refractivity contribution < 1.29 is 15.0 Å². The average molecular weight is 219 g/mol. The van der Waals surface area contributed by atoms with Gasteiger partial charge in [0.1, 0.15) is 0 Å². The van der Waals surface area contributed by atoms with E-state index in [1.165, 1.54) is 12.8 Å². The summed E-state index contributed by atoms with van der Waals surface area (Å²) < 4.78 is 0. The maximum atomic E-state index is 10.1. The quantitative estimate of drug-likeness (QED) is 0.568. The van der Waals surface area contributed by atoms with E-state index in [-0.39, 0.29) is 6.61 Å². The number of hydrogen-bond acceptors (Lipinski definition) is 3. The van der Waals surface area contributed by atoms with Crippen molar-refractivity contribution in [1.82, 2.24) is 0 Å². The van der Waals surface area contributed by atoms with Gasteiger partial charge in [-0.1, -0.05) is 33.1 Å². The van der Waals surface area contributed by atoms with E-state index in [4.69, 9.17) is 15.9 Å². The number of aliphatic hydroxyl groups excluding tert-OH is 1. The second-order valence-electron chi connectivity index (χ2n) is 3.90. The Morgan fingerprint density at radius 3 is 2.13 bits per heavy atom. The fraction of sp³-hybridized carbons (Fsp3) is 0.909. The molecule has 0 aliphatic rings. The van der Waals surface area contributed by atoms with Gasteiger partial charge in [0.2, 0.25) is 0 Å². The van der Waals surface area contributed by atoms with E-state index in [0.29, 0.717) is 13.0 Å². The summed E-state index contributed by atoms with van der Waals surface area (Å²) in [4.78, 5) is 10.1. The highest BCUT2D eigenvalue weighted by atomic mass is 16.4. The Morgan fingerprint density at radius 1 is 1.27 bits per heavy atom. The molecular formula is C11H25NO3. The van der Waals surface area contributed by atoms with Crippen LogP contribution in [-0.4, -0.2) is 29.3 Å². The first-order valence-corrected chi connectivity index (χ1v) is 5.57. The predicted molar refractivity (Wildman–Crippen MR) is 61.7 cm³/mol. The third kappa shape index (κ3) is 24.7. The van der Waals surface area contributed by atoms with Gasteiger partial charge in [-0.15, -0.1) is 0 Å². The molecule has 0 radical (unpaired) electrons. The first kappa shape index (κ1) is 16.8. The highest BCUT2D eigenvalue weighted by Gasteiger charge is 1.97. The normalized spacial score (nSPS) is 9.67. The zero-order valence-electron chi connectivity index (χ0n) is 9.91. The number of carboxylic acid groups (broad SMARTS) is 1. The summed E-state index contributed by atoms with van der Waals surface area (Å²) in [5, 5.41) is 16.1. The summed E-state index contributed by atoms with van der Waals surface area (Å²) in [6, 6.07) is 0. The van der Waals surface area contributed by atoms with Crippen LogP contribution in [0.4, 0.5) is 0 Å². The Kier molecular flexibility index (Phi) is 15.0. The molecule has 0 aliphatic carbocycles. The smallest absolute Gasteiger partial charge is 0.303 e. The van der Waals surface area contributed by atoms with Crippen molar-refractivity contribution in [3.8, 4) is 0 Å². The van der Waals surface area contributed by atoms with Crippen LogP contribution in [0.2, 0.25) is 0 Å². The Hall–Kier alpha value is -0.610. The van der Waals surface area contributed by atoms with Crippen molar-refractivity contribution in [2.24, 2.45) is 11.7 Å². The monoisotopic (exact) mass is 219 g/mol. The molecule has 4 N–H and O–H groups in total. The van der Waals surface area contributed by atoms with Gasteiger partial charge in [0.25, 0.3) is 0 Å². The molecule has 0 unspecified atom stereocenters. The molecule has 4 heteroatoms. The maximum absolute atomic E-state index is 10.1. The second kappa shape index (κ2) is 13.4. The Balaban J connectivity index is 0. The van der Waals surface area contributed by atoms with Gasteiger partial charge in [-0.2, -0.15) is 0 Å². The van der Waals surface area contributed by atoms with Crippen LogP contribution in [0.1, 0.15) is 46.0 Å². The number of unbranched alkanes of at least 4 members (excludes halogenated alkanes) is 2. The third-order valence-electron chi connectivity index (χ3n) is 1.80. The maximum Gasteiger partial charge on any atom is 0.303 e. The minimum Gasteiger partial charge on any atom is -0.481 e. The van der Waals surface area contributed by atoms with E-state index in [9.17, 15) is 4.79 Å². The lowest BCUT2D eigenvalue weighted by Gasteiger charge is -2.02. The van der Waals surface area contributed by atoms with Crippen molar-refractivity contribution in [3.05, 3.63) is 0 Å². The molecule has 0 heterocycles. The Bertz CT molecular complexity index is 136. The lowest BCUT2D eigenvalue weighted by molar-refractivity contribution is -0.137. The molecule has 0 amide bonds. The zero-order chi connectivity index (χ0) is 12.1. The van der Waals surface area contributed by atoms with Crippen LogP contribution >= 0.6 is 0 Å². The zero-order valence-corrected chi connectivity index (χ0v) is 9.91. The first-order chi connectivity index (χ1) is 7.04. The van der Waals surface area contributed by atoms with Gasteiger partial charge in [0.15, 0.2) is 0 Å². The topological polar surface area (TPSA) is 83.5 Å². The molecule has 0 aliphatic heterocycles. The van der Waals surface area contributed by atoms with Crippen LogP contribution in [0.5, 0.6) is 0 Å². The van der Waals surface area contributed by atoms with Gasteiger partial charge in [0.05, 0.1) is 6.61 Å². The van der Waals surface area contributed by atoms with Gasteiger partial charge in [-0.25, -0.2) is 0 Å². The third-order valence-corrected chi connectivity index (χ3v) is 1.80. The average Bonchev–Trinajstić information content (AvgIpc) is 2.17. The van der Waals surface area contributed by atoms with E-state index in [0.717, 1.165) is 18.8 Å². The number of rotatable bonds is 7. The van der Waals surface area contributed by atoms with Gasteiger partial charge >= 0.3 is 5.97 Å². The van der Waals surface area contributed by atoms with Crippen LogP contribution in [0.25, 0.3) is 0 Å². The number of aliphatic carboxylic acids is 1. The highest BCUT2D eigenvalue weighted by molar-refractivity contribution is 5.66. The molecule has 0 rings (SSSR count). The lowest BCUT2D eigenvalue weighted by atomic mass is 10.0. The summed E-state index contributed by atoms with van der Waals surface area (Å²) in [7, 11) is 0. The molecule has 0 aromatic carbocycles. The standard InChI is InChI=1S/C9H18O2.C2H7NO/c1-8(2)6-4-3-5-7-9(10)11;3-1-2-4/h8H,3-7H2,1-2H3,(H,10,11);4H,1-3H2. The van der Waals surface area contributed by atoms with Crippen LogP contribution in [0.15, 0.2) is 0 Å². The molecule has 0 spiro atoms. The minimum atomic E-state index is -0.672. The molecular weight excluding hydrogens is 194 g/mol. The second-order valence-corrected chi connectivity index (χ2v) is 3.90. The molecule has 92 valence electrons. The number of nitrogens with two attached hydrogens (primary N) is 1. The van der Waals surface area contributed by atoms with Crippen molar-refractivity contribution in [2.45, 2.75) is 46.0 Å². The van der Waals surface area contributed by atoms with Gasteiger partial charge in [-0.05, 0) is 12.3 Å². The molecule has 0 aromatic rings. The van der Waals surface area contributed by atoms with Crippen LogP contribution in [-0.2, 0) is 4.79 Å². The van der Waals surface area contributed by atoms with E-state index >= 15 is 0 Å². The van der Waals surface area contributed by atoms with Crippen LogP contribution in [0.3, 0.4) is 0 Å². The van der Waals surface area contributed by atoms with Gasteiger partial charge in [0, 0.05) is 13.0 Å². The van der Waals surface area contributed by atoms with E-state index in [1.807, 2.05) is 0 Å². The van der Waals surface area contributed by atoms with E-state index in [1.54, 1.807) is 0 Å². The van der Waals surface area contributed by atoms with Crippen molar-refractivity contribution >= 4 is 5.97 Å². The predicted octanol–water partition coefficient (Wildman–Crippen LogP) is 1.61.